The Morgan fingerprint density at radius 1 is 1.12 bits per heavy atom. The fourth-order valence-corrected chi connectivity index (χ4v) is 1.92. The highest BCUT2D eigenvalue weighted by molar-refractivity contribution is 5.98. The van der Waals surface area contributed by atoms with Crippen molar-refractivity contribution in [3.8, 4) is 17.6 Å². The van der Waals surface area contributed by atoms with E-state index in [1.807, 2.05) is 0 Å². The molecular weight excluding hydrogens is 324 g/mol. The van der Waals surface area contributed by atoms with Crippen LogP contribution in [-0.2, 0) is 9.53 Å². The molecule has 0 bridgehead atoms. The zero-order valence-electron chi connectivity index (χ0n) is 13.6. The summed E-state index contributed by atoms with van der Waals surface area (Å²) in [7, 11) is 2.61. The van der Waals surface area contributed by atoms with E-state index in [2.05, 4.69) is 9.72 Å². The van der Waals surface area contributed by atoms with Crippen LogP contribution in [0.25, 0.3) is 6.08 Å². The van der Waals surface area contributed by atoms with Gasteiger partial charge in [0.2, 0.25) is 0 Å². The number of methoxy groups -OCH3 is 2. The van der Waals surface area contributed by atoms with Crippen molar-refractivity contribution in [2.45, 2.75) is 0 Å². The summed E-state index contributed by atoms with van der Waals surface area (Å²) in [5, 5.41) is 8.99. The van der Waals surface area contributed by atoms with Gasteiger partial charge in [0.05, 0.1) is 19.8 Å². The lowest BCUT2D eigenvalue weighted by Crippen LogP contribution is -2.09. The topological polar surface area (TPSA) is 98.5 Å². The molecule has 7 heteroatoms. The van der Waals surface area contributed by atoms with E-state index in [9.17, 15) is 9.59 Å². The van der Waals surface area contributed by atoms with Gasteiger partial charge in [0, 0.05) is 12.4 Å². The molecule has 7 nitrogen and oxygen atoms in total. The predicted octanol–water partition coefficient (Wildman–Crippen LogP) is 2.39. The molecular formula is C18H14N2O5. The highest BCUT2D eigenvalue weighted by Gasteiger charge is 2.14. The van der Waals surface area contributed by atoms with Gasteiger partial charge in [-0.25, -0.2) is 9.59 Å². The van der Waals surface area contributed by atoms with Crippen LogP contribution in [0.2, 0.25) is 0 Å². The Morgan fingerprint density at radius 2 is 1.84 bits per heavy atom. The van der Waals surface area contributed by atoms with Crippen LogP contribution in [0.4, 0.5) is 0 Å². The molecule has 0 N–H and O–H groups in total. The van der Waals surface area contributed by atoms with Crippen molar-refractivity contribution < 1.29 is 23.8 Å². The predicted molar refractivity (Wildman–Crippen MR) is 87.8 cm³/mol. The van der Waals surface area contributed by atoms with E-state index >= 15 is 0 Å². The number of ether oxygens (including phenoxy) is 3. The zero-order chi connectivity index (χ0) is 18.2. The quantitative estimate of drug-likeness (QED) is 0.357. The Bertz CT molecular complexity index is 854. The minimum absolute atomic E-state index is 0.161. The number of rotatable bonds is 5. The normalized spacial score (nSPS) is 10.5. The molecule has 0 saturated carbocycles. The van der Waals surface area contributed by atoms with E-state index in [0.717, 1.165) is 0 Å². The van der Waals surface area contributed by atoms with Crippen LogP contribution < -0.4 is 9.47 Å². The summed E-state index contributed by atoms with van der Waals surface area (Å²) in [5.74, 6) is -0.817. The van der Waals surface area contributed by atoms with Crippen molar-refractivity contribution in [1.29, 1.82) is 5.26 Å². The zero-order valence-corrected chi connectivity index (χ0v) is 13.6. The first-order chi connectivity index (χ1) is 12.1. The Morgan fingerprint density at radius 3 is 2.44 bits per heavy atom. The molecule has 0 saturated heterocycles. The number of benzene rings is 1. The third-order valence-corrected chi connectivity index (χ3v) is 3.14. The van der Waals surface area contributed by atoms with Crippen molar-refractivity contribution in [1.82, 2.24) is 4.98 Å². The van der Waals surface area contributed by atoms with Crippen molar-refractivity contribution >= 4 is 18.0 Å². The molecule has 1 aromatic heterocycles. The smallest absolute Gasteiger partial charge is 0.348 e. The highest BCUT2D eigenvalue weighted by Crippen LogP contribution is 2.29. The third kappa shape index (κ3) is 4.42. The van der Waals surface area contributed by atoms with Gasteiger partial charge in [-0.2, -0.15) is 5.26 Å². The largest absolute Gasteiger partial charge is 0.493 e. The SMILES string of the molecule is COC(=O)/C(C#N)=C/c1ccc(OC(=O)c2ccncc2)c(OC)c1. The van der Waals surface area contributed by atoms with Crippen molar-refractivity contribution in [2.24, 2.45) is 0 Å². The molecule has 2 aromatic rings. The minimum Gasteiger partial charge on any atom is -0.493 e. The molecule has 0 aliphatic heterocycles. The maximum atomic E-state index is 12.1. The van der Waals surface area contributed by atoms with Crippen LogP contribution in [0.15, 0.2) is 48.3 Å². The van der Waals surface area contributed by atoms with Crippen molar-refractivity contribution in [3.63, 3.8) is 0 Å². The van der Waals surface area contributed by atoms with Gasteiger partial charge >= 0.3 is 11.9 Å². The van der Waals surface area contributed by atoms with Gasteiger partial charge in [0.15, 0.2) is 11.5 Å². The second-order valence-corrected chi connectivity index (χ2v) is 4.70. The van der Waals surface area contributed by atoms with Gasteiger partial charge in [0.1, 0.15) is 11.6 Å². The first-order valence-electron chi connectivity index (χ1n) is 7.09. The second kappa shape index (κ2) is 8.26. The van der Waals surface area contributed by atoms with Gasteiger partial charge in [0.25, 0.3) is 0 Å². The van der Waals surface area contributed by atoms with Crippen molar-refractivity contribution in [2.75, 3.05) is 14.2 Å². The summed E-state index contributed by atoms with van der Waals surface area (Å²) in [6.07, 6.45) is 4.32. The van der Waals surface area contributed by atoms with Crippen molar-refractivity contribution in [3.05, 3.63) is 59.4 Å². The molecule has 0 radical (unpaired) electrons. The van der Waals surface area contributed by atoms with E-state index in [1.165, 1.54) is 57.0 Å². The standard InChI is InChI=1S/C18H14N2O5/c1-23-16-10-12(9-14(11-19)17(21)24-2)3-4-15(16)25-18(22)13-5-7-20-8-6-13/h3-10H,1-2H3/b14-9+. The lowest BCUT2D eigenvalue weighted by Gasteiger charge is -2.10. The first-order valence-corrected chi connectivity index (χ1v) is 7.09. The lowest BCUT2D eigenvalue weighted by molar-refractivity contribution is -0.135. The van der Waals surface area contributed by atoms with Crippen LogP contribution in [0.5, 0.6) is 11.5 Å². The van der Waals surface area contributed by atoms with Gasteiger partial charge in [-0.15, -0.1) is 0 Å². The van der Waals surface area contributed by atoms with Crippen LogP contribution in [0, 0.1) is 11.3 Å². The van der Waals surface area contributed by atoms with Gasteiger partial charge < -0.3 is 14.2 Å². The number of pyridine rings is 1. The minimum atomic E-state index is -0.741. The summed E-state index contributed by atoms with van der Waals surface area (Å²) >= 11 is 0. The van der Waals surface area contributed by atoms with Gasteiger partial charge in [-0.1, -0.05) is 6.07 Å². The van der Waals surface area contributed by atoms with E-state index in [4.69, 9.17) is 14.7 Å². The summed E-state index contributed by atoms with van der Waals surface area (Å²) in [6, 6.07) is 9.45. The molecule has 0 unspecified atom stereocenters. The molecule has 126 valence electrons. The molecule has 0 fully saturated rings. The van der Waals surface area contributed by atoms with Crippen LogP contribution in [0.3, 0.4) is 0 Å². The highest BCUT2D eigenvalue weighted by atomic mass is 16.6. The van der Waals surface area contributed by atoms with E-state index in [1.54, 1.807) is 12.1 Å². The Kier molecular flexibility index (Phi) is 5.85. The molecule has 1 aromatic carbocycles. The van der Waals surface area contributed by atoms with Crippen LogP contribution in [0.1, 0.15) is 15.9 Å². The fraction of sp³-hybridized carbons (Fsp3) is 0.111. The van der Waals surface area contributed by atoms with E-state index in [-0.39, 0.29) is 17.1 Å². The van der Waals surface area contributed by atoms with Crippen LogP contribution >= 0.6 is 0 Å². The number of nitriles is 1. The average Bonchev–Trinajstić information content (AvgIpc) is 2.66. The number of carbonyl (C=O) groups excluding carboxylic acids is 2. The summed E-state index contributed by atoms with van der Waals surface area (Å²) in [6.45, 7) is 0. The van der Waals surface area contributed by atoms with Crippen LogP contribution in [-0.4, -0.2) is 31.1 Å². The van der Waals surface area contributed by atoms with Gasteiger partial charge in [-0.3, -0.25) is 4.98 Å². The molecule has 0 aliphatic rings. The van der Waals surface area contributed by atoms with Gasteiger partial charge in [-0.05, 0) is 35.9 Å². The third-order valence-electron chi connectivity index (χ3n) is 3.14. The summed E-state index contributed by atoms with van der Waals surface area (Å²) < 4.78 is 15.0. The Labute approximate surface area is 144 Å². The number of aromatic nitrogens is 1. The monoisotopic (exact) mass is 338 g/mol. The molecule has 0 aliphatic carbocycles. The molecule has 0 atom stereocenters. The first kappa shape index (κ1) is 17.7. The number of esters is 2. The van der Waals surface area contributed by atoms with E-state index in [0.29, 0.717) is 11.1 Å². The van der Waals surface area contributed by atoms with E-state index < -0.39 is 11.9 Å². The molecule has 25 heavy (non-hydrogen) atoms. The fourth-order valence-electron chi connectivity index (χ4n) is 1.92. The second-order valence-electron chi connectivity index (χ2n) is 4.70. The number of hydrogen-bond donors (Lipinski definition) is 0. The average molecular weight is 338 g/mol. The maximum absolute atomic E-state index is 12.1. The lowest BCUT2D eigenvalue weighted by atomic mass is 10.1. The Balaban J connectivity index is 2.28. The summed E-state index contributed by atoms with van der Waals surface area (Å²) in [4.78, 5) is 27.4. The molecule has 0 amide bonds. The summed E-state index contributed by atoms with van der Waals surface area (Å²) in [5.41, 5.74) is 0.701. The maximum Gasteiger partial charge on any atom is 0.348 e. The number of hydrogen-bond acceptors (Lipinski definition) is 7. The Hall–Kier alpha value is -3.66. The number of nitrogens with zero attached hydrogens (tertiary/aromatic N) is 2. The molecule has 0 spiro atoms. The number of carbonyl (C=O) groups is 2. The molecule has 2 rings (SSSR count). The molecule has 1 heterocycles.